The van der Waals surface area contributed by atoms with Crippen molar-refractivity contribution in [3.05, 3.63) is 39.8 Å². The largest absolute Gasteiger partial charge is 0.497 e. The maximum atomic E-state index is 11.2. The predicted octanol–water partition coefficient (Wildman–Crippen LogP) is 3.33. The molecule has 0 fully saturated rings. The number of carbonyl (C=O) groups is 1. The Balaban J connectivity index is 2.29. The SMILES string of the molecule is COc1ccc(C(=O)O)c(NC(C)c2nc(C)cs2)c1. The van der Waals surface area contributed by atoms with Crippen molar-refractivity contribution < 1.29 is 14.6 Å². The van der Waals surface area contributed by atoms with Gasteiger partial charge in [0, 0.05) is 17.1 Å². The van der Waals surface area contributed by atoms with E-state index >= 15 is 0 Å². The summed E-state index contributed by atoms with van der Waals surface area (Å²) >= 11 is 1.55. The molecule has 0 amide bonds. The number of methoxy groups -OCH3 is 1. The highest BCUT2D eigenvalue weighted by Crippen LogP contribution is 2.28. The van der Waals surface area contributed by atoms with Gasteiger partial charge in [0.05, 0.1) is 24.4 Å². The standard InChI is InChI=1S/C14H16N2O3S/c1-8-7-20-13(15-8)9(2)16-12-6-10(19-3)4-5-11(12)14(17)18/h4-7,9,16H,1-3H3,(H,17,18). The van der Waals surface area contributed by atoms with Crippen LogP contribution in [0, 0.1) is 6.92 Å². The Morgan fingerprint density at radius 1 is 1.50 bits per heavy atom. The van der Waals surface area contributed by atoms with Gasteiger partial charge in [-0.15, -0.1) is 11.3 Å². The van der Waals surface area contributed by atoms with Crippen LogP contribution < -0.4 is 10.1 Å². The fourth-order valence-corrected chi connectivity index (χ4v) is 2.63. The highest BCUT2D eigenvalue weighted by molar-refractivity contribution is 7.09. The molecule has 1 aromatic heterocycles. The van der Waals surface area contributed by atoms with Crippen molar-refractivity contribution in [2.24, 2.45) is 0 Å². The first kappa shape index (κ1) is 14.3. The van der Waals surface area contributed by atoms with E-state index in [1.807, 2.05) is 19.2 Å². The zero-order chi connectivity index (χ0) is 14.7. The molecule has 0 aliphatic heterocycles. The van der Waals surface area contributed by atoms with E-state index < -0.39 is 5.97 Å². The number of benzene rings is 1. The second-order valence-corrected chi connectivity index (χ2v) is 5.30. The van der Waals surface area contributed by atoms with Crippen LogP contribution in [0.3, 0.4) is 0 Å². The first-order valence-electron chi connectivity index (χ1n) is 6.11. The third kappa shape index (κ3) is 3.08. The molecule has 1 atom stereocenters. The molecular formula is C14H16N2O3S. The van der Waals surface area contributed by atoms with Crippen LogP contribution in [0.5, 0.6) is 5.75 Å². The van der Waals surface area contributed by atoms with Gasteiger partial charge in [-0.25, -0.2) is 9.78 Å². The summed E-state index contributed by atoms with van der Waals surface area (Å²) in [7, 11) is 1.55. The monoisotopic (exact) mass is 292 g/mol. The quantitative estimate of drug-likeness (QED) is 0.884. The minimum atomic E-state index is -0.974. The van der Waals surface area contributed by atoms with Crippen molar-refractivity contribution in [3.63, 3.8) is 0 Å². The lowest BCUT2D eigenvalue weighted by Gasteiger charge is -2.15. The number of nitrogens with one attached hydrogen (secondary N) is 1. The lowest BCUT2D eigenvalue weighted by atomic mass is 10.1. The molecule has 0 saturated carbocycles. The van der Waals surface area contributed by atoms with E-state index in [2.05, 4.69) is 10.3 Å². The van der Waals surface area contributed by atoms with Crippen LogP contribution in [-0.4, -0.2) is 23.2 Å². The summed E-state index contributed by atoms with van der Waals surface area (Å²) in [5.41, 5.74) is 1.70. The molecule has 0 saturated heterocycles. The molecule has 0 aliphatic rings. The normalized spacial score (nSPS) is 11.9. The highest BCUT2D eigenvalue weighted by atomic mass is 32.1. The van der Waals surface area contributed by atoms with Crippen LogP contribution >= 0.6 is 11.3 Å². The van der Waals surface area contributed by atoms with Gasteiger partial charge >= 0.3 is 5.97 Å². The molecule has 2 rings (SSSR count). The number of aromatic carboxylic acids is 1. The van der Waals surface area contributed by atoms with Gasteiger partial charge in [0.2, 0.25) is 0 Å². The minimum Gasteiger partial charge on any atom is -0.497 e. The van der Waals surface area contributed by atoms with Crippen LogP contribution in [0.2, 0.25) is 0 Å². The topological polar surface area (TPSA) is 71.5 Å². The second-order valence-electron chi connectivity index (χ2n) is 4.41. The molecule has 6 heteroatoms. The molecule has 1 heterocycles. The number of carboxylic acid groups (broad SMARTS) is 1. The lowest BCUT2D eigenvalue weighted by Crippen LogP contribution is -2.10. The van der Waals surface area contributed by atoms with Crippen LogP contribution in [0.1, 0.15) is 34.0 Å². The number of aryl methyl sites for hydroxylation is 1. The molecule has 0 aliphatic carbocycles. The smallest absolute Gasteiger partial charge is 0.337 e. The summed E-state index contributed by atoms with van der Waals surface area (Å²) in [6, 6.07) is 4.77. The minimum absolute atomic E-state index is 0.0705. The Hall–Kier alpha value is -2.08. The van der Waals surface area contributed by atoms with Gasteiger partial charge in [0.25, 0.3) is 0 Å². The van der Waals surface area contributed by atoms with E-state index in [0.29, 0.717) is 11.4 Å². The van der Waals surface area contributed by atoms with Crippen LogP contribution in [0.25, 0.3) is 0 Å². The van der Waals surface area contributed by atoms with E-state index in [0.717, 1.165) is 10.7 Å². The Labute approximate surface area is 121 Å². The first-order valence-corrected chi connectivity index (χ1v) is 6.99. The van der Waals surface area contributed by atoms with Crippen molar-refractivity contribution in [3.8, 4) is 5.75 Å². The van der Waals surface area contributed by atoms with E-state index in [4.69, 9.17) is 4.74 Å². The van der Waals surface area contributed by atoms with E-state index in [-0.39, 0.29) is 11.6 Å². The third-order valence-electron chi connectivity index (χ3n) is 2.84. The molecule has 2 aromatic rings. The number of thiazole rings is 1. The summed E-state index contributed by atoms with van der Waals surface area (Å²) in [5.74, 6) is -0.363. The maximum absolute atomic E-state index is 11.2. The maximum Gasteiger partial charge on any atom is 0.337 e. The number of carboxylic acids is 1. The van der Waals surface area contributed by atoms with E-state index in [9.17, 15) is 9.90 Å². The number of nitrogens with zero attached hydrogens (tertiary/aromatic N) is 1. The zero-order valence-electron chi connectivity index (χ0n) is 11.5. The summed E-state index contributed by atoms with van der Waals surface area (Å²) < 4.78 is 5.14. The third-order valence-corrected chi connectivity index (χ3v) is 3.98. The molecule has 106 valence electrons. The second kappa shape index (κ2) is 5.92. The Morgan fingerprint density at radius 3 is 2.80 bits per heavy atom. The van der Waals surface area contributed by atoms with Crippen LogP contribution in [-0.2, 0) is 0 Å². The van der Waals surface area contributed by atoms with Gasteiger partial charge in [-0.2, -0.15) is 0 Å². The van der Waals surface area contributed by atoms with Crippen molar-refractivity contribution >= 4 is 23.0 Å². The molecular weight excluding hydrogens is 276 g/mol. The van der Waals surface area contributed by atoms with Gasteiger partial charge in [-0.3, -0.25) is 0 Å². The first-order chi connectivity index (χ1) is 9.51. The molecule has 2 N–H and O–H groups in total. The number of hydrogen-bond donors (Lipinski definition) is 2. The molecule has 0 bridgehead atoms. The number of ether oxygens (including phenoxy) is 1. The van der Waals surface area contributed by atoms with Crippen molar-refractivity contribution in [2.75, 3.05) is 12.4 Å². The van der Waals surface area contributed by atoms with E-state index in [1.54, 1.807) is 30.6 Å². The number of anilines is 1. The van der Waals surface area contributed by atoms with Crippen LogP contribution in [0.4, 0.5) is 5.69 Å². The molecule has 20 heavy (non-hydrogen) atoms. The van der Waals surface area contributed by atoms with Gasteiger partial charge in [-0.1, -0.05) is 0 Å². The van der Waals surface area contributed by atoms with Gasteiger partial charge in [0.15, 0.2) is 0 Å². The molecule has 5 nitrogen and oxygen atoms in total. The highest BCUT2D eigenvalue weighted by Gasteiger charge is 2.15. The lowest BCUT2D eigenvalue weighted by molar-refractivity contribution is 0.0698. The zero-order valence-corrected chi connectivity index (χ0v) is 12.3. The fraction of sp³-hybridized carbons (Fsp3) is 0.286. The van der Waals surface area contributed by atoms with Crippen molar-refractivity contribution in [1.82, 2.24) is 4.98 Å². The number of rotatable bonds is 5. The predicted molar refractivity (Wildman–Crippen MR) is 78.8 cm³/mol. The molecule has 1 aromatic carbocycles. The Kier molecular flexibility index (Phi) is 4.24. The summed E-state index contributed by atoms with van der Waals surface area (Å²) in [4.78, 5) is 15.7. The van der Waals surface area contributed by atoms with Gasteiger partial charge < -0.3 is 15.2 Å². The molecule has 0 radical (unpaired) electrons. The summed E-state index contributed by atoms with van der Waals surface area (Å²) in [5, 5.41) is 15.3. The van der Waals surface area contributed by atoms with E-state index in [1.165, 1.54) is 6.07 Å². The fourth-order valence-electron chi connectivity index (χ4n) is 1.82. The Morgan fingerprint density at radius 2 is 2.25 bits per heavy atom. The van der Waals surface area contributed by atoms with Crippen molar-refractivity contribution in [2.45, 2.75) is 19.9 Å². The Bertz CT molecular complexity index is 625. The average molecular weight is 292 g/mol. The summed E-state index contributed by atoms with van der Waals surface area (Å²) in [6.45, 7) is 3.88. The summed E-state index contributed by atoms with van der Waals surface area (Å²) in [6.07, 6.45) is 0. The number of hydrogen-bond acceptors (Lipinski definition) is 5. The number of aromatic nitrogens is 1. The van der Waals surface area contributed by atoms with Crippen LogP contribution in [0.15, 0.2) is 23.6 Å². The average Bonchev–Trinajstić information content (AvgIpc) is 2.85. The van der Waals surface area contributed by atoms with Gasteiger partial charge in [-0.05, 0) is 26.0 Å². The molecule has 1 unspecified atom stereocenters. The van der Waals surface area contributed by atoms with Crippen molar-refractivity contribution in [1.29, 1.82) is 0 Å². The molecule has 0 spiro atoms. The van der Waals surface area contributed by atoms with Gasteiger partial charge in [0.1, 0.15) is 10.8 Å².